The first-order valence-corrected chi connectivity index (χ1v) is 11.2. The minimum atomic E-state index is -0.666. The topological polar surface area (TPSA) is 126 Å². The van der Waals surface area contributed by atoms with Crippen LogP contribution in [-0.4, -0.2) is 60.9 Å². The lowest BCUT2D eigenvalue weighted by molar-refractivity contribution is 0.0508. The fraction of sp³-hybridized carbons (Fsp3) is 0.417. The van der Waals surface area contributed by atoms with Gasteiger partial charge in [0.05, 0.1) is 49.6 Å². The Morgan fingerprint density at radius 3 is 1.97 bits per heavy atom. The van der Waals surface area contributed by atoms with Crippen molar-refractivity contribution >= 4 is 39.7 Å². The third-order valence-electron chi connectivity index (χ3n) is 4.80. The summed E-state index contributed by atoms with van der Waals surface area (Å²) in [7, 11) is 0. The van der Waals surface area contributed by atoms with E-state index in [-0.39, 0.29) is 49.1 Å². The van der Waals surface area contributed by atoms with E-state index in [1.807, 2.05) is 0 Å². The lowest BCUT2D eigenvalue weighted by Gasteiger charge is -2.17. The second-order valence-corrected chi connectivity index (χ2v) is 6.94. The van der Waals surface area contributed by atoms with Crippen LogP contribution in [0.2, 0.25) is 0 Å². The van der Waals surface area contributed by atoms with Crippen molar-refractivity contribution in [3.05, 3.63) is 29.1 Å². The van der Waals surface area contributed by atoms with Gasteiger partial charge in [-0.2, -0.15) is 0 Å². The number of H-pyrrole nitrogens is 1. The molecule has 3 aromatic rings. The molecule has 0 fully saturated rings. The quantitative estimate of drug-likeness (QED) is 0.343. The van der Waals surface area contributed by atoms with E-state index in [0.29, 0.717) is 34.2 Å². The highest BCUT2D eigenvalue weighted by atomic mass is 16.5. The second kappa shape index (κ2) is 10.9. The number of carbonyl (C=O) groups excluding carboxylic acids is 3. The molecule has 0 bridgehead atoms. The van der Waals surface area contributed by atoms with Gasteiger partial charge >= 0.3 is 17.9 Å². The number of pyridine rings is 1. The number of nitrogens with one attached hydrogen (secondary N) is 1. The Kier molecular flexibility index (Phi) is 7.93. The van der Waals surface area contributed by atoms with Crippen molar-refractivity contribution in [1.82, 2.24) is 9.97 Å². The zero-order valence-electron chi connectivity index (χ0n) is 19.9. The minimum Gasteiger partial charge on any atom is -0.489 e. The van der Waals surface area contributed by atoms with E-state index < -0.39 is 17.9 Å². The zero-order valence-corrected chi connectivity index (χ0v) is 19.9. The van der Waals surface area contributed by atoms with Crippen molar-refractivity contribution in [2.45, 2.75) is 34.6 Å². The normalized spacial score (nSPS) is 10.9. The molecule has 0 amide bonds. The molecular weight excluding hydrogens is 444 g/mol. The number of ether oxygens (including phenoxy) is 5. The second-order valence-electron chi connectivity index (χ2n) is 6.94. The lowest BCUT2D eigenvalue weighted by Crippen LogP contribution is -2.13. The molecule has 0 aliphatic rings. The van der Waals surface area contributed by atoms with Crippen LogP contribution in [0.25, 0.3) is 21.8 Å². The number of esters is 3. The summed E-state index contributed by atoms with van der Waals surface area (Å²) in [4.78, 5) is 45.5. The number of fused-ring (bicyclic) bond motifs is 3. The molecule has 1 N–H and O–H groups in total. The van der Waals surface area contributed by atoms with Gasteiger partial charge < -0.3 is 28.7 Å². The first-order valence-electron chi connectivity index (χ1n) is 11.2. The molecule has 10 nitrogen and oxygen atoms in total. The number of aromatic nitrogens is 2. The van der Waals surface area contributed by atoms with Crippen molar-refractivity contribution < 1.29 is 38.1 Å². The van der Waals surface area contributed by atoms with Gasteiger partial charge in [-0.1, -0.05) is 0 Å². The minimum absolute atomic E-state index is 0.0253. The Balaban J connectivity index is 2.51. The number of nitrogens with zero attached hydrogens (tertiary/aromatic N) is 1. The summed E-state index contributed by atoms with van der Waals surface area (Å²) in [5.74, 6) is -1.34. The maximum absolute atomic E-state index is 13.0. The highest BCUT2D eigenvalue weighted by molar-refractivity contribution is 6.20. The molecule has 3 rings (SSSR count). The highest BCUT2D eigenvalue weighted by Gasteiger charge is 2.28. The fourth-order valence-corrected chi connectivity index (χ4v) is 3.59. The van der Waals surface area contributed by atoms with Crippen LogP contribution >= 0.6 is 0 Å². The summed E-state index contributed by atoms with van der Waals surface area (Å²) in [5, 5.41) is 0.785. The zero-order chi connectivity index (χ0) is 24.8. The van der Waals surface area contributed by atoms with E-state index in [1.54, 1.807) is 34.6 Å². The average Bonchev–Trinajstić information content (AvgIpc) is 3.26. The molecule has 0 spiro atoms. The van der Waals surface area contributed by atoms with E-state index in [4.69, 9.17) is 23.7 Å². The largest absolute Gasteiger partial charge is 0.489 e. The van der Waals surface area contributed by atoms with E-state index in [1.165, 1.54) is 12.1 Å². The predicted molar refractivity (Wildman–Crippen MR) is 124 cm³/mol. The van der Waals surface area contributed by atoms with Gasteiger partial charge in [-0.05, 0) is 46.8 Å². The third-order valence-corrected chi connectivity index (χ3v) is 4.80. The molecule has 0 unspecified atom stereocenters. The van der Waals surface area contributed by atoms with Crippen LogP contribution in [0.5, 0.6) is 11.5 Å². The molecule has 34 heavy (non-hydrogen) atoms. The summed E-state index contributed by atoms with van der Waals surface area (Å²) < 4.78 is 27.3. The molecule has 2 aromatic heterocycles. The molecule has 0 saturated heterocycles. The van der Waals surface area contributed by atoms with Crippen LogP contribution in [0.15, 0.2) is 12.1 Å². The first-order chi connectivity index (χ1) is 16.4. The first kappa shape index (κ1) is 24.8. The Hall–Kier alpha value is -3.82. The van der Waals surface area contributed by atoms with Gasteiger partial charge in [-0.25, -0.2) is 19.4 Å². The molecule has 10 heteroatoms. The van der Waals surface area contributed by atoms with Gasteiger partial charge in [-0.3, -0.25) is 0 Å². The molecule has 0 saturated carbocycles. The lowest BCUT2D eigenvalue weighted by atomic mass is 10.0. The van der Waals surface area contributed by atoms with E-state index in [0.717, 1.165) is 0 Å². The van der Waals surface area contributed by atoms with E-state index in [2.05, 4.69) is 9.97 Å². The summed E-state index contributed by atoms with van der Waals surface area (Å²) in [6, 6.07) is 2.89. The van der Waals surface area contributed by atoms with Gasteiger partial charge in [0, 0.05) is 10.8 Å². The number of hydrogen-bond donors (Lipinski definition) is 1. The van der Waals surface area contributed by atoms with Crippen molar-refractivity contribution in [2.24, 2.45) is 0 Å². The maximum atomic E-state index is 13.0. The van der Waals surface area contributed by atoms with Crippen LogP contribution in [0.3, 0.4) is 0 Å². The van der Waals surface area contributed by atoms with Crippen LogP contribution in [0.1, 0.15) is 66.0 Å². The molecule has 1 aromatic carbocycles. The third kappa shape index (κ3) is 4.61. The summed E-state index contributed by atoms with van der Waals surface area (Å²) >= 11 is 0. The summed E-state index contributed by atoms with van der Waals surface area (Å²) in [6.07, 6.45) is 0. The predicted octanol–water partition coefficient (Wildman–Crippen LogP) is 4.04. The Morgan fingerprint density at radius 1 is 0.765 bits per heavy atom. The average molecular weight is 472 g/mol. The number of benzene rings is 1. The molecule has 2 heterocycles. The van der Waals surface area contributed by atoms with Crippen LogP contribution < -0.4 is 9.47 Å². The standard InChI is InChI=1S/C24H28N2O8/c1-6-30-20-14-12-16(24(29)34-10-5)25-18(14)17-13(22(27)32-8-3)11-15(23(28)33-9-4)26-19(17)21(20)31-7-2/h11-12,26H,6-10H2,1-5H3. The van der Waals surface area contributed by atoms with Crippen molar-refractivity contribution in [3.8, 4) is 11.5 Å². The number of rotatable bonds is 10. The van der Waals surface area contributed by atoms with E-state index >= 15 is 0 Å². The number of aromatic amines is 1. The molecular formula is C24H28N2O8. The van der Waals surface area contributed by atoms with Crippen molar-refractivity contribution in [3.63, 3.8) is 0 Å². The highest BCUT2D eigenvalue weighted by Crippen LogP contribution is 2.44. The van der Waals surface area contributed by atoms with Gasteiger partial charge in [-0.15, -0.1) is 0 Å². The Bertz CT molecular complexity index is 1230. The SMILES string of the molecule is CCOC(=O)c1cc2c(OCC)c(OCC)c3[nH]c(C(=O)OCC)cc(C(=O)OCC)c3c2n1. The van der Waals surface area contributed by atoms with Crippen LogP contribution in [0, 0.1) is 0 Å². The molecule has 0 aliphatic heterocycles. The van der Waals surface area contributed by atoms with Gasteiger partial charge in [0.2, 0.25) is 0 Å². The number of hydrogen-bond acceptors (Lipinski definition) is 9. The molecule has 0 radical (unpaired) electrons. The Morgan fingerprint density at radius 2 is 1.35 bits per heavy atom. The molecule has 0 aliphatic carbocycles. The van der Waals surface area contributed by atoms with Gasteiger partial charge in [0.25, 0.3) is 0 Å². The van der Waals surface area contributed by atoms with Gasteiger partial charge in [0.15, 0.2) is 11.5 Å². The molecule has 182 valence electrons. The monoisotopic (exact) mass is 472 g/mol. The van der Waals surface area contributed by atoms with Crippen molar-refractivity contribution in [1.29, 1.82) is 0 Å². The summed E-state index contributed by atoms with van der Waals surface area (Å²) in [6.45, 7) is 9.65. The number of carbonyl (C=O) groups is 3. The van der Waals surface area contributed by atoms with Crippen molar-refractivity contribution in [2.75, 3.05) is 33.0 Å². The smallest absolute Gasteiger partial charge is 0.356 e. The fourth-order valence-electron chi connectivity index (χ4n) is 3.59. The molecule has 0 atom stereocenters. The van der Waals surface area contributed by atoms with Crippen LogP contribution in [0.4, 0.5) is 0 Å². The summed E-state index contributed by atoms with van der Waals surface area (Å²) in [5.41, 5.74) is 0.745. The van der Waals surface area contributed by atoms with Crippen LogP contribution in [-0.2, 0) is 14.2 Å². The Labute approximate surface area is 196 Å². The van der Waals surface area contributed by atoms with E-state index in [9.17, 15) is 14.4 Å². The maximum Gasteiger partial charge on any atom is 0.356 e. The van der Waals surface area contributed by atoms with Gasteiger partial charge in [0.1, 0.15) is 11.4 Å².